The van der Waals surface area contributed by atoms with Crippen molar-refractivity contribution in [3.63, 3.8) is 0 Å². The lowest BCUT2D eigenvalue weighted by molar-refractivity contribution is 0.0859. The minimum Gasteiger partial charge on any atom is -0.392 e. The quantitative estimate of drug-likeness (QED) is 0.479. The first-order valence-corrected chi connectivity index (χ1v) is 3.36. The van der Waals surface area contributed by atoms with Crippen LogP contribution in [0.1, 0.15) is 26.2 Å². The van der Waals surface area contributed by atoms with Crippen LogP contribution in [0.4, 0.5) is 0 Å². The predicted octanol–water partition coefficient (Wildman–Crippen LogP) is 0.516. The average molecular weight is 133 g/mol. The molecule has 0 aliphatic heterocycles. The van der Waals surface area contributed by atoms with Gasteiger partial charge in [0.1, 0.15) is 0 Å². The predicted molar refractivity (Wildman–Crippen MR) is 35.3 cm³/mol. The Labute approximate surface area is 55.7 Å². The molecule has 0 heterocycles. The smallest absolute Gasteiger partial charge is 0.0687 e. The Hall–Kier alpha value is -0.120. The largest absolute Gasteiger partial charge is 0.392 e. The Bertz CT molecular complexity index is 59.0. The van der Waals surface area contributed by atoms with Gasteiger partial charge < -0.3 is 10.3 Å². The summed E-state index contributed by atoms with van der Waals surface area (Å²) in [5.41, 5.74) is 1.93. The van der Waals surface area contributed by atoms with Crippen LogP contribution in [-0.4, -0.2) is 23.0 Å². The second kappa shape index (κ2) is 6.01. The second-order valence-corrected chi connectivity index (χ2v) is 2.16. The number of hydrogen-bond donors (Lipinski definition) is 3. The molecule has 0 amide bonds. The van der Waals surface area contributed by atoms with Crippen LogP contribution >= 0.6 is 0 Å². The van der Waals surface area contributed by atoms with Crippen LogP contribution in [0, 0.1) is 0 Å². The zero-order valence-corrected chi connectivity index (χ0v) is 5.80. The summed E-state index contributed by atoms with van der Waals surface area (Å²) in [6.07, 6.45) is 2.48. The highest BCUT2D eigenvalue weighted by Gasteiger charge is 1.99. The summed E-state index contributed by atoms with van der Waals surface area (Å²) in [6, 6.07) is 0. The van der Waals surface area contributed by atoms with Crippen LogP contribution in [0.5, 0.6) is 0 Å². The molecule has 0 aliphatic carbocycles. The van der Waals surface area contributed by atoms with E-state index in [-0.39, 0.29) is 6.54 Å². The Morgan fingerprint density at radius 2 is 2.22 bits per heavy atom. The minimum absolute atomic E-state index is 0.278. The monoisotopic (exact) mass is 133 g/mol. The molecule has 0 bridgehead atoms. The maximum Gasteiger partial charge on any atom is 0.0687 e. The maximum atomic E-state index is 8.96. The van der Waals surface area contributed by atoms with Gasteiger partial charge in [-0.25, -0.2) is 5.48 Å². The zero-order chi connectivity index (χ0) is 7.11. The highest BCUT2D eigenvalue weighted by atomic mass is 16.5. The van der Waals surface area contributed by atoms with Gasteiger partial charge in [0.05, 0.1) is 6.10 Å². The maximum absolute atomic E-state index is 8.96. The van der Waals surface area contributed by atoms with Gasteiger partial charge in [-0.15, -0.1) is 0 Å². The fourth-order valence-corrected chi connectivity index (χ4v) is 0.647. The van der Waals surface area contributed by atoms with Crippen molar-refractivity contribution >= 4 is 0 Å². The van der Waals surface area contributed by atoms with Crippen molar-refractivity contribution in [2.45, 2.75) is 32.3 Å². The molecule has 0 saturated carbocycles. The van der Waals surface area contributed by atoms with Crippen LogP contribution in [0.15, 0.2) is 0 Å². The Morgan fingerprint density at radius 3 is 2.67 bits per heavy atom. The van der Waals surface area contributed by atoms with Crippen molar-refractivity contribution in [2.24, 2.45) is 0 Å². The molecule has 1 atom stereocenters. The summed E-state index contributed by atoms with van der Waals surface area (Å²) < 4.78 is 0. The van der Waals surface area contributed by atoms with E-state index in [0.717, 1.165) is 19.3 Å². The number of unbranched alkanes of at least 4 members (excludes halogenated alkanes) is 1. The summed E-state index contributed by atoms with van der Waals surface area (Å²) in [5.74, 6) is 0. The highest BCUT2D eigenvalue weighted by Crippen LogP contribution is 1.97. The SMILES string of the molecule is CCCCC(O)CNO. The first kappa shape index (κ1) is 8.88. The third-order valence-electron chi connectivity index (χ3n) is 1.22. The van der Waals surface area contributed by atoms with Crippen molar-refractivity contribution in [1.29, 1.82) is 0 Å². The van der Waals surface area contributed by atoms with Crippen molar-refractivity contribution in [3.05, 3.63) is 0 Å². The summed E-state index contributed by atoms with van der Waals surface area (Å²) in [7, 11) is 0. The number of rotatable bonds is 5. The first-order valence-electron chi connectivity index (χ1n) is 3.36. The molecule has 9 heavy (non-hydrogen) atoms. The van der Waals surface area contributed by atoms with Gasteiger partial charge in [0.25, 0.3) is 0 Å². The molecule has 3 N–H and O–H groups in total. The van der Waals surface area contributed by atoms with Gasteiger partial charge in [-0.05, 0) is 6.42 Å². The van der Waals surface area contributed by atoms with Crippen LogP contribution in [0.2, 0.25) is 0 Å². The molecule has 0 saturated heterocycles. The van der Waals surface area contributed by atoms with Crippen molar-refractivity contribution in [3.8, 4) is 0 Å². The van der Waals surface area contributed by atoms with Gasteiger partial charge >= 0.3 is 0 Å². The lowest BCUT2D eigenvalue weighted by Crippen LogP contribution is -2.23. The first-order chi connectivity index (χ1) is 4.31. The molecule has 0 rings (SSSR count). The van der Waals surface area contributed by atoms with E-state index >= 15 is 0 Å². The number of aliphatic hydroxyl groups excluding tert-OH is 1. The second-order valence-electron chi connectivity index (χ2n) is 2.16. The van der Waals surface area contributed by atoms with E-state index in [1.165, 1.54) is 0 Å². The van der Waals surface area contributed by atoms with E-state index in [4.69, 9.17) is 10.3 Å². The topological polar surface area (TPSA) is 52.5 Å². The molecule has 56 valence electrons. The van der Waals surface area contributed by atoms with Gasteiger partial charge in [-0.3, -0.25) is 0 Å². The van der Waals surface area contributed by atoms with Gasteiger partial charge in [0.2, 0.25) is 0 Å². The molecule has 0 radical (unpaired) electrons. The minimum atomic E-state index is -0.394. The fraction of sp³-hybridized carbons (Fsp3) is 1.00. The Balaban J connectivity index is 2.95. The van der Waals surface area contributed by atoms with E-state index < -0.39 is 6.10 Å². The molecule has 1 unspecified atom stereocenters. The molecular formula is C6H15NO2. The molecule has 0 aromatic carbocycles. The molecule has 0 spiro atoms. The van der Waals surface area contributed by atoms with Crippen molar-refractivity contribution in [2.75, 3.05) is 6.54 Å². The van der Waals surface area contributed by atoms with E-state index in [2.05, 4.69) is 6.92 Å². The van der Waals surface area contributed by atoms with E-state index in [9.17, 15) is 0 Å². The number of hydrogen-bond acceptors (Lipinski definition) is 3. The molecule has 0 aromatic rings. The summed E-state index contributed by atoms with van der Waals surface area (Å²) >= 11 is 0. The van der Waals surface area contributed by atoms with E-state index in [1.54, 1.807) is 0 Å². The molecular weight excluding hydrogens is 118 g/mol. The third kappa shape index (κ3) is 5.76. The van der Waals surface area contributed by atoms with Crippen LogP contribution in [0.3, 0.4) is 0 Å². The van der Waals surface area contributed by atoms with E-state index in [0.29, 0.717) is 0 Å². The van der Waals surface area contributed by atoms with Gasteiger partial charge in [-0.1, -0.05) is 19.8 Å². The van der Waals surface area contributed by atoms with Crippen molar-refractivity contribution < 1.29 is 10.3 Å². The molecule has 3 heteroatoms. The number of aliphatic hydroxyl groups is 1. The lowest BCUT2D eigenvalue weighted by Gasteiger charge is -2.06. The Kier molecular flexibility index (Phi) is 5.93. The number of hydroxylamine groups is 1. The normalized spacial score (nSPS) is 13.7. The van der Waals surface area contributed by atoms with Crippen LogP contribution in [-0.2, 0) is 0 Å². The summed E-state index contributed by atoms with van der Waals surface area (Å²) in [4.78, 5) is 0. The Morgan fingerprint density at radius 1 is 1.56 bits per heavy atom. The summed E-state index contributed by atoms with van der Waals surface area (Å²) in [5, 5.41) is 17.1. The van der Waals surface area contributed by atoms with Gasteiger partial charge in [0, 0.05) is 6.54 Å². The van der Waals surface area contributed by atoms with Gasteiger partial charge in [0.15, 0.2) is 0 Å². The van der Waals surface area contributed by atoms with Gasteiger partial charge in [-0.2, -0.15) is 0 Å². The molecule has 3 nitrogen and oxygen atoms in total. The summed E-state index contributed by atoms with van der Waals surface area (Å²) in [6.45, 7) is 2.35. The van der Waals surface area contributed by atoms with Crippen LogP contribution < -0.4 is 5.48 Å². The van der Waals surface area contributed by atoms with Crippen LogP contribution in [0.25, 0.3) is 0 Å². The number of nitrogens with one attached hydrogen (secondary N) is 1. The van der Waals surface area contributed by atoms with E-state index in [1.807, 2.05) is 5.48 Å². The fourth-order valence-electron chi connectivity index (χ4n) is 0.647. The molecule has 0 aromatic heterocycles. The lowest BCUT2D eigenvalue weighted by atomic mass is 10.2. The highest BCUT2D eigenvalue weighted by molar-refractivity contribution is 4.54. The zero-order valence-electron chi connectivity index (χ0n) is 5.80. The third-order valence-corrected chi connectivity index (χ3v) is 1.22. The van der Waals surface area contributed by atoms with Crippen molar-refractivity contribution in [1.82, 2.24) is 5.48 Å². The average Bonchev–Trinajstić information content (AvgIpc) is 1.85. The molecule has 0 aliphatic rings. The molecule has 0 fully saturated rings. The standard InChI is InChI=1S/C6H15NO2/c1-2-3-4-6(8)5-7-9/h6-9H,2-5H2,1H3.